The Morgan fingerprint density at radius 1 is 1.12 bits per heavy atom. The van der Waals surface area contributed by atoms with Crippen LogP contribution in [-0.2, 0) is 6.54 Å². The summed E-state index contributed by atoms with van der Waals surface area (Å²) in [6.07, 6.45) is 4.00. The number of hydrogen-bond acceptors (Lipinski definition) is 2. The van der Waals surface area contributed by atoms with E-state index in [1.54, 1.807) is 7.05 Å². The van der Waals surface area contributed by atoms with Crippen molar-refractivity contribution >= 4 is 5.96 Å². The van der Waals surface area contributed by atoms with Gasteiger partial charge in [0.2, 0.25) is 0 Å². The minimum Gasteiger partial charge on any atom is -0.490 e. The van der Waals surface area contributed by atoms with Gasteiger partial charge >= 0.3 is 0 Å². The average Bonchev–Trinajstić information content (AvgIpc) is 2.63. The van der Waals surface area contributed by atoms with E-state index in [1.165, 1.54) is 24.8 Å². The number of nitrogens with zero attached hydrogens (tertiary/aromatic N) is 1. The lowest BCUT2D eigenvalue weighted by Gasteiger charge is -2.27. The maximum absolute atomic E-state index is 6.10. The van der Waals surface area contributed by atoms with Gasteiger partial charge in [0.15, 0.2) is 5.96 Å². The van der Waals surface area contributed by atoms with Gasteiger partial charge in [-0.05, 0) is 37.8 Å². The first-order valence-corrected chi connectivity index (χ1v) is 9.03. The van der Waals surface area contributed by atoms with Crippen molar-refractivity contribution in [3.05, 3.63) is 65.7 Å². The second kappa shape index (κ2) is 8.56. The maximum atomic E-state index is 6.10. The lowest BCUT2D eigenvalue weighted by atomic mass is 9.96. The first-order valence-electron chi connectivity index (χ1n) is 9.03. The molecule has 1 fully saturated rings. The van der Waals surface area contributed by atoms with E-state index in [1.807, 2.05) is 18.2 Å². The van der Waals surface area contributed by atoms with Crippen LogP contribution in [0, 0.1) is 0 Å². The third-order valence-corrected chi connectivity index (χ3v) is 4.64. The highest BCUT2D eigenvalue weighted by Crippen LogP contribution is 2.27. The molecule has 1 saturated carbocycles. The monoisotopic (exact) mass is 337 g/mol. The van der Waals surface area contributed by atoms with Crippen LogP contribution >= 0.6 is 0 Å². The molecule has 0 amide bonds. The summed E-state index contributed by atoms with van der Waals surface area (Å²) >= 11 is 0. The molecule has 4 heteroatoms. The first-order chi connectivity index (χ1) is 12.3. The van der Waals surface area contributed by atoms with Gasteiger partial charge in [0.1, 0.15) is 5.75 Å². The molecule has 2 aromatic rings. The van der Waals surface area contributed by atoms with Gasteiger partial charge in [-0.3, -0.25) is 4.99 Å². The highest BCUT2D eigenvalue weighted by atomic mass is 16.5. The summed E-state index contributed by atoms with van der Waals surface area (Å²) in [7, 11) is 1.80. The Bertz CT molecular complexity index is 695. The number of rotatable bonds is 6. The number of hydrogen-bond donors (Lipinski definition) is 2. The Hall–Kier alpha value is -2.49. The number of guanidine groups is 1. The molecule has 1 atom stereocenters. The molecular weight excluding hydrogens is 310 g/mol. The minimum absolute atomic E-state index is 0.189. The van der Waals surface area contributed by atoms with Crippen LogP contribution in [0.15, 0.2) is 59.6 Å². The molecule has 0 heterocycles. The van der Waals surface area contributed by atoms with Crippen molar-refractivity contribution in [3.8, 4) is 5.75 Å². The zero-order valence-electron chi connectivity index (χ0n) is 15.0. The van der Waals surface area contributed by atoms with E-state index in [0.717, 1.165) is 17.3 Å². The standard InChI is InChI=1S/C21H27N3O/c1-16(17-9-4-3-5-10-17)24-21(22-2)23-15-18-11-6-7-14-20(18)25-19-12-8-13-19/h3-7,9-11,14,16,19H,8,12-13,15H2,1-2H3,(H2,22,23,24). The van der Waals surface area contributed by atoms with Crippen LogP contribution in [0.25, 0.3) is 0 Å². The van der Waals surface area contributed by atoms with Crippen LogP contribution in [0.1, 0.15) is 43.4 Å². The Labute approximate surface area is 150 Å². The van der Waals surface area contributed by atoms with Crippen molar-refractivity contribution in [2.45, 2.75) is 44.9 Å². The summed E-state index contributed by atoms with van der Waals surface area (Å²) in [5.74, 6) is 1.76. The topological polar surface area (TPSA) is 45.7 Å². The highest BCUT2D eigenvalue weighted by molar-refractivity contribution is 5.80. The van der Waals surface area contributed by atoms with Crippen LogP contribution in [0.5, 0.6) is 5.75 Å². The van der Waals surface area contributed by atoms with Gasteiger partial charge in [0, 0.05) is 19.2 Å². The quantitative estimate of drug-likeness (QED) is 0.617. The fraction of sp³-hybridized carbons (Fsp3) is 0.381. The molecular formula is C21H27N3O. The Morgan fingerprint density at radius 2 is 1.84 bits per heavy atom. The third kappa shape index (κ3) is 4.75. The molecule has 4 nitrogen and oxygen atoms in total. The van der Waals surface area contributed by atoms with Crippen molar-refractivity contribution in [1.82, 2.24) is 10.6 Å². The zero-order chi connectivity index (χ0) is 17.5. The molecule has 2 aromatic carbocycles. The molecule has 132 valence electrons. The van der Waals surface area contributed by atoms with E-state index in [9.17, 15) is 0 Å². The van der Waals surface area contributed by atoms with E-state index in [0.29, 0.717) is 12.6 Å². The van der Waals surface area contributed by atoms with Gasteiger partial charge in [0.05, 0.1) is 12.1 Å². The zero-order valence-corrected chi connectivity index (χ0v) is 15.0. The number of aliphatic imine (C=N–C) groups is 1. The molecule has 25 heavy (non-hydrogen) atoms. The van der Waals surface area contributed by atoms with Gasteiger partial charge < -0.3 is 15.4 Å². The second-order valence-corrected chi connectivity index (χ2v) is 6.48. The smallest absolute Gasteiger partial charge is 0.191 e. The van der Waals surface area contributed by atoms with Crippen molar-refractivity contribution in [2.24, 2.45) is 4.99 Å². The lowest BCUT2D eigenvalue weighted by molar-refractivity contribution is 0.119. The summed E-state index contributed by atoms with van der Waals surface area (Å²) in [6, 6.07) is 18.8. The van der Waals surface area contributed by atoms with E-state index in [4.69, 9.17) is 4.74 Å². The van der Waals surface area contributed by atoms with E-state index in [2.05, 4.69) is 58.9 Å². The van der Waals surface area contributed by atoms with Gasteiger partial charge in [-0.15, -0.1) is 0 Å². The molecule has 0 radical (unpaired) electrons. The van der Waals surface area contributed by atoms with Crippen LogP contribution in [-0.4, -0.2) is 19.1 Å². The number of benzene rings is 2. The van der Waals surface area contributed by atoms with Crippen molar-refractivity contribution in [3.63, 3.8) is 0 Å². The summed E-state index contributed by atoms with van der Waals surface area (Å²) in [5.41, 5.74) is 2.39. The SMILES string of the molecule is CN=C(NCc1ccccc1OC1CCC1)NC(C)c1ccccc1. The fourth-order valence-corrected chi connectivity index (χ4v) is 2.84. The van der Waals surface area contributed by atoms with Crippen LogP contribution in [0.4, 0.5) is 0 Å². The largest absolute Gasteiger partial charge is 0.490 e. The molecule has 3 rings (SSSR count). The third-order valence-electron chi connectivity index (χ3n) is 4.64. The van der Waals surface area contributed by atoms with E-state index >= 15 is 0 Å². The predicted molar refractivity (Wildman–Crippen MR) is 103 cm³/mol. The summed E-state index contributed by atoms with van der Waals surface area (Å²) in [4.78, 5) is 4.34. The second-order valence-electron chi connectivity index (χ2n) is 6.48. The Balaban J connectivity index is 1.58. The summed E-state index contributed by atoms with van der Waals surface area (Å²) < 4.78 is 6.10. The number of para-hydroxylation sites is 1. The molecule has 0 saturated heterocycles. The molecule has 1 aliphatic carbocycles. The maximum Gasteiger partial charge on any atom is 0.191 e. The van der Waals surface area contributed by atoms with E-state index in [-0.39, 0.29) is 6.04 Å². The Kier molecular flexibility index (Phi) is 5.94. The van der Waals surface area contributed by atoms with Crippen molar-refractivity contribution < 1.29 is 4.74 Å². The molecule has 0 bridgehead atoms. The van der Waals surface area contributed by atoms with Crippen molar-refractivity contribution in [1.29, 1.82) is 0 Å². The molecule has 0 spiro atoms. The van der Waals surface area contributed by atoms with Crippen molar-refractivity contribution in [2.75, 3.05) is 7.05 Å². The summed E-state index contributed by atoms with van der Waals surface area (Å²) in [6.45, 7) is 2.82. The van der Waals surface area contributed by atoms with Crippen LogP contribution < -0.4 is 15.4 Å². The number of nitrogens with one attached hydrogen (secondary N) is 2. The average molecular weight is 337 g/mol. The summed E-state index contributed by atoms with van der Waals surface area (Å²) in [5, 5.41) is 6.83. The van der Waals surface area contributed by atoms with Crippen LogP contribution in [0.2, 0.25) is 0 Å². The lowest BCUT2D eigenvalue weighted by Crippen LogP contribution is -2.38. The normalized spacial score (nSPS) is 16.0. The predicted octanol–water partition coefficient (Wildman–Crippen LogP) is 4.04. The van der Waals surface area contributed by atoms with Gasteiger partial charge in [-0.2, -0.15) is 0 Å². The Morgan fingerprint density at radius 3 is 2.52 bits per heavy atom. The molecule has 2 N–H and O–H groups in total. The molecule has 0 aromatic heterocycles. The highest BCUT2D eigenvalue weighted by Gasteiger charge is 2.20. The minimum atomic E-state index is 0.189. The first kappa shape index (κ1) is 17.3. The van der Waals surface area contributed by atoms with Crippen LogP contribution in [0.3, 0.4) is 0 Å². The molecule has 1 aliphatic rings. The van der Waals surface area contributed by atoms with Gasteiger partial charge in [-0.25, -0.2) is 0 Å². The van der Waals surface area contributed by atoms with Gasteiger partial charge in [-0.1, -0.05) is 48.5 Å². The molecule has 0 aliphatic heterocycles. The molecule has 1 unspecified atom stereocenters. The number of ether oxygens (including phenoxy) is 1. The van der Waals surface area contributed by atoms with E-state index < -0.39 is 0 Å². The fourth-order valence-electron chi connectivity index (χ4n) is 2.84. The van der Waals surface area contributed by atoms with Gasteiger partial charge in [0.25, 0.3) is 0 Å².